The highest BCUT2D eigenvalue weighted by molar-refractivity contribution is 6.35. The largest absolute Gasteiger partial charge is 0.497 e. The maximum Gasteiger partial charge on any atom is 0.146 e. The van der Waals surface area contributed by atoms with Gasteiger partial charge in [-0.15, -0.1) is 0 Å². The fourth-order valence-corrected chi connectivity index (χ4v) is 2.94. The third kappa shape index (κ3) is 4.62. The zero-order valence-corrected chi connectivity index (χ0v) is 16.0. The average Bonchev–Trinajstić information content (AvgIpc) is 2.69. The Bertz CT molecular complexity index is 1040. The van der Waals surface area contributed by atoms with E-state index in [0.717, 1.165) is 11.1 Å². The molecule has 0 amide bonds. The number of rotatable bonds is 5. The van der Waals surface area contributed by atoms with Crippen LogP contribution in [0.1, 0.15) is 11.1 Å². The fraction of sp³-hybridized carbons (Fsp3) is 0.0455. The molecule has 3 aromatic carbocycles. The first-order valence-electron chi connectivity index (χ1n) is 8.09. The summed E-state index contributed by atoms with van der Waals surface area (Å²) in [6, 6.07) is 22.0. The zero-order valence-electron chi connectivity index (χ0n) is 14.4. The van der Waals surface area contributed by atoms with E-state index in [9.17, 15) is 5.26 Å². The van der Waals surface area contributed by atoms with Gasteiger partial charge in [0.1, 0.15) is 17.2 Å². The molecule has 0 atom stereocenters. The normalized spacial score (nSPS) is 11.0. The number of benzene rings is 3. The Labute approximate surface area is 168 Å². The molecule has 0 spiro atoms. The number of hydrogen-bond donors (Lipinski definition) is 0. The molecule has 0 saturated heterocycles. The number of halogens is 2. The molecule has 3 nitrogen and oxygen atoms in total. The molecule has 0 saturated carbocycles. The molecule has 0 aliphatic carbocycles. The molecule has 0 aromatic heterocycles. The lowest BCUT2D eigenvalue weighted by Crippen LogP contribution is -1.90. The van der Waals surface area contributed by atoms with Crippen LogP contribution in [0.4, 0.5) is 0 Å². The van der Waals surface area contributed by atoms with E-state index in [1.54, 1.807) is 31.4 Å². The van der Waals surface area contributed by atoms with E-state index >= 15 is 0 Å². The Kier molecular flexibility index (Phi) is 6.03. The highest BCUT2D eigenvalue weighted by atomic mass is 35.5. The number of ether oxygens (including phenoxy) is 2. The second-order valence-corrected chi connectivity index (χ2v) is 6.46. The zero-order chi connectivity index (χ0) is 19.2. The summed E-state index contributed by atoms with van der Waals surface area (Å²) in [7, 11) is 1.59. The van der Waals surface area contributed by atoms with Gasteiger partial charge < -0.3 is 9.47 Å². The first-order valence-corrected chi connectivity index (χ1v) is 8.84. The van der Waals surface area contributed by atoms with Gasteiger partial charge in [-0.05, 0) is 48.0 Å². The molecular formula is C22H15Cl2NO2. The second-order valence-electron chi connectivity index (χ2n) is 5.62. The lowest BCUT2D eigenvalue weighted by Gasteiger charge is -2.11. The molecule has 0 N–H and O–H groups in total. The molecular weight excluding hydrogens is 381 g/mol. The van der Waals surface area contributed by atoms with E-state index in [1.165, 1.54) is 0 Å². The van der Waals surface area contributed by atoms with Crippen LogP contribution in [0.3, 0.4) is 0 Å². The van der Waals surface area contributed by atoms with Crippen LogP contribution in [0.25, 0.3) is 11.6 Å². The van der Waals surface area contributed by atoms with Crippen molar-refractivity contribution in [1.29, 1.82) is 5.26 Å². The number of methoxy groups -OCH3 is 1. The van der Waals surface area contributed by atoms with Gasteiger partial charge in [-0.2, -0.15) is 5.26 Å². The number of para-hydroxylation sites is 1. The number of hydrogen-bond acceptors (Lipinski definition) is 3. The van der Waals surface area contributed by atoms with Crippen molar-refractivity contribution in [3.8, 4) is 23.3 Å². The van der Waals surface area contributed by atoms with Crippen molar-refractivity contribution in [2.45, 2.75) is 0 Å². The maximum atomic E-state index is 9.62. The molecule has 0 fully saturated rings. The van der Waals surface area contributed by atoms with Crippen LogP contribution >= 0.6 is 23.2 Å². The Morgan fingerprint density at radius 1 is 0.963 bits per heavy atom. The average molecular weight is 396 g/mol. The summed E-state index contributed by atoms with van der Waals surface area (Å²) in [4.78, 5) is 0. The molecule has 3 aromatic rings. The summed E-state index contributed by atoms with van der Waals surface area (Å²) in [6.07, 6.45) is 1.77. The molecule has 27 heavy (non-hydrogen) atoms. The third-order valence-corrected chi connectivity index (χ3v) is 4.36. The fourth-order valence-electron chi connectivity index (χ4n) is 2.50. The molecule has 0 radical (unpaired) electrons. The summed E-state index contributed by atoms with van der Waals surface area (Å²) in [6.45, 7) is 0. The Morgan fingerprint density at radius 2 is 1.78 bits per heavy atom. The van der Waals surface area contributed by atoms with E-state index in [0.29, 0.717) is 32.9 Å². The second kappa shape index (κ2) is 8.64. The smallest absolute Gasteiger partial charge is 0.146 e. The van der Waals surface area contributed by atoms with Gasteiger partial charge in [0.25, 0.3) is 0 Å². The van der Waals surface area contributed by atoms with E-state index in [4.69, 9.17) is 32.7 Å². The van der Waals surface area contributed by atoms with Crippen molar-refractivity contribution in [3.63, 3.8) is 0 Å². The highest BCUT2D eigenvalue weighted by Crippen LogP contribution is 2.34. The van der Waals surface area contributed by atoms with Crippen molar-refractivity contribution in [1.82, 2.24) is 0 Å². The third-order valence-electron chi connectivity index (χ3n) is 3.83. The Hall–Kier alpha value is -2.93. The van der Waals surface area contributed by atoms with Gasteiger partial charge in [-0.25, -0.2) is 0 Å². The van der Waals surface area contributed by atoms with Gasteiger partial charge in [-0.1, -0.05) is 53.5 Å². The summed E-state index contributed by atoms with van der Waals surface area (Å²) in [5, 5.41) is 10.6. The first-order chi connectivity index (χ1) is 13.1. The summed E-state index contributed by atoms with van der Waals surface area (Å²) < 4.78 is 11.2. The van der Waals surface area contributed by atoms with Crippen LogP contribution in [0.15, 0.2) is 66.7 Å². The van der Waals surface area contributed by atoms with Crippen molar-refractivity contribution < 1.29 is 9.47 Å². The minimum atomic E-state index is 0.412. The maximum absolute atomic E-state index is 9.62. The molecule has 0 aliphatic heterocycles. The molecule has 3 rings (SSSR count). The molecule has 134 valence electrons. The van der Waals surface area contributed by atoms with Crippen molar-refractivity contribution >= 4 is 34.9 Å². The highest BCUT2D eigenvalue weighted by Gasteiger charge is 2.09. The van der Waals surface area contributed by atoms with Crippen LogP contribution in [-0.4, -0.2) is 7.11 Å². The summed E-state index contributed by atoms with van der Waals surface area (Å²) >= 11 is 12.1. The number of nitrogens with zero attached hydrogens (tertiary/aromatic N) is 1. The summed E-state index contributed by atoms with van der Waals surface area (Å²) in [5.41, 5.74) is 2.01. The van der Waals surface area contributed by atoms with Gasteiger partial charge in [0.15, 0.2) is 0 Å². The first kappa shape index (κ1) is 18.8. The topological polar surface area (TPSA) is 42.2 Å². The summed E-state index contributed by atoms with van der Waals surface area (Å²) in [5.74, 6) is 1.75. The van der Waals surface area contributed by atoms with Gasteiger partial charge in [0.2, 0.25) is 0 Å². The molecule has 5 heteroatoms. The van der Waals surface area contributed by atoms with Gasteiger partial charge >= 0.3 is 0 Å². The van der Waals surface area contributed by atoms with Crippen LogP contribution in [0.5, 0.6) is 17.2 Å². The monoisotopic (exact) mass is 395 g/mol. The molecule has 0 unspecified atom stereocenters. The quantitative estimate of drug-likeness (QED) is 0.350. The van der Waals surface area contributed by atoms with Crippen LogP contribution in [-0.2, 0) is 0 Å². The predicted octanol–water partition coefficient (Wildman–Crippen LogP) is 6.86. The van der Waals surface area contributed by atoms with Crippen molar-refractivity contribution in [2.75, 3.05) is 7.11 Å². The minimum Gasteiger partial charge on any atom is -0.497 e. The van der Waals surface area contributed by atoms with Crippen molar-refractivity contribution in [2.24, 2.45) is 0 Å². The van der Waals surface area contributed by atoms with Crippen molar-refractivity contribution in [3.05, 3.63) is 87.9 Å². The van der Waals surface area contributed by atoms with Crippen LogP contribution < -0.4 is 9.47 Å². The SMILES string of the molecule is COc1cccc(C(C#N)=Cc2ccccc2Oc2ccc(Cl)cc2Cl)c1. The lowest BCUT2D eigenvalue weighted by molar-refractivity contribution is 0.414. The van der Waals surface area contributed by atoms with Gasteiger partial charge in [0.05, 0.1) is 23.8 Å². The number of allylic oxidation sites excluding steroid dienone is 1. The van der Waals surface area contributed by atoms with Crippen LogP contribution in [0.2, 0.25) is 10.0 Å². The van der Waals surface area contributed by atoms with Crippen LogP contribution in [0, 0.1) is 11.3 Å². The van der Waals surface area contributed by atoms with Gasteiger partial charge in [-0.3, -0.25) is 0 Å². The molecule has 0 heterocycles. The predicted molar refractivity (Wildman–Crippen MR) is 109 cm³/mol. The van der Waals surface area contributed by atoms with E-state index in [-0.39, 0.29) is 0 Å². The molecule has 0 bridgehead atoms. The van der Waals surface area contributed by atoms with Gasteiger partial charge in [0, 0.05) is 10.6 Å². The van der Waals surface area contributed by atoms with E-state index in [2.05, 4.69) is 6.07 Å². The minimum absolute atomic E-state index is 0.412. The standard InChI is InChI=1S/C22H15Cl2NO2/c1-26-19-7-4-6-15(12-19)17(14-25)11-16-5-2-3-8-21(16)27-22-10-9-18(23)13-20(22)24/h2-13H,1H3. The lowest BCUT2D eigenvalue weighted by atomic mass is 10.0. The number of nitriles is 1. The van der Waals surface area contributed by atoms with E-state index in [1.807, 2.05) is 48.5 Å². The Morgan fingerprint density at radius 3 is 2.52 bits per heavy atom. The molecule has 0 aliphatic rings. The van der Waals surface area contributed by atoms with E-state index < -0.39 is 0 Å². The Balaban J connectivity index is 1.99.